The average Bonchev–Trinajstić information content (AvgIpc) is 3.20. The standard InChI is InChI=1S/C20H19FN2O7/c1-11(2-7-18(25)23-27)19(12-3-5-15(24)14(21)8-12)30-20(26)22-13-4-6-16-17(9-13)29-10-28-16/h2-9,11,19,24,27H,10H2,1H3,(H,22,26)(H,23,25)/b7-2+/t11-,19-/m0/s1. The minimum absolute atomic E-state index is 0.0863. The predicted molar refractivity (Wildman–Crippen MR) is 102 cm³/mol. The Bertz CT molecular complexity index is 980. The maximum Gasteiger partial charge on any atom is 0.412 e. The molecule has 2 aromatic carbocycles. The minimum Gasteiger partial charge on any atom is -0.505 e. The molecule has 30 heavy (non-hydrogen) atoms. The van der Waals surface area contributed by atoms with Gasteiger partial charge in [-0.05, 0) is 29.8 Å². The third kappa shape index (κ3) is 4.97. The lowest BCUT2D eigenvalue weighted by Crippen LogP contribution is -2.22. The molecular weight excluding hydrogens is 399 g/mol. The van der Waals surface area contributed by atoms with Gasteiger partial charge in [-0.15, -0.1) is 0 Å². The molecule has 0 radical (unpaired) electrons. The lowest BCUT2D eigenvalue weighted by molar-refractivity contribution is -0.124. The van der Waals surface area contributed by atoms with Crippen LogP contribution in [0.15, 0.2) is 48.6 Å². The van der Waals surface area contributed by atoms with Crippen LogP contribution in [0.3, 0.4) is 0 Å². The first-order valence-electron chi connectivity index (χ1n) is 8.85. The average molecular weight is 418 g/mol. The van der Waals surface area contributed by atoms with Gasteiger partial charge in [0.1, 0.15) is 6.10 Å². The molecule has 1 heterocycles. The van der Waals surface area contributed by atoms with Crippen LogP contribution < -0.4 is 20.3 Å². The predicted octanol–water partition coefficient (Wildman–Crippen LogP) is 3.25. The van der Waals surface area contributed by atoms with Crippen molar-refractivity contribution in [1.82, 2.24) is 5.48 Å². The molecule has 0 bridgehead atoms. The van der Waals surface area contributed by atoms with Crippen LogP contribution in [0.1, 0.15) is 18.6 Å². The van der Waals surface area contributed by atoms with Gasteiger partial charge in [-0.2, -0.15) is 0 Å². The summed E-state index contributed by atoms with van der Waals surface area (Å²) in [4.78, 5) is 23.7. The molecule has 1 aliphatic heterocycles. The summed E-state index contributed by atoms with van der Waals surface area (Å²) in [7, 11) is 0. The zero-order valence-electron chi connectivity index (χ0n) is 15.8. The van der Waals surface area contributed by atoms with Crippen molar-refractivity contribution in [3.63, 3.8) is 0 Å². The summed E-state index contributed by atoms with van der Waals surface area (Å²) in [5.74, 6) is -1.79. The van der Waals surface area contributed by atoms with Gasteiger partial charge in [-0.1, -0.05) is 19.1 Å². The molecule has 10 heteroatoms. The van der Waals surface area contributed by atoms with Crippen molar-refractivity contribution in [3.8, 4) is 17.2 Å². The molecule has 0 spiro atoms. The lowest BCUT2D eigenvalue weighted by Gasteiger charge is -2.23. The summed E-state index contributed by atoms with van der Waals surface area (Å²) in [6, 6.07) is 8.35. The Labute approximate surface area is 170 Å². The van der Waals surface area contributed by atoms with Crippen LogP contribution in [0.25, 0.3) is 0 Å². The molecule has 2 amide bonds. The van der Waals surface area contributed by atoms with Crippen LogP contribution >= 0.6 is 0 Å². The first kappa shape index (κ1) is 20.9. The molecule has 9 nitrogen and oxygen atoms in total. The van der Waals surface area contributed by atoms with Gasteiger partial charge in [0, 0.05) is 23.7 Å². The molecule has 0 aliphatic carbocycles. The summed E-state index contributed by atoms with van der Waals surface area (Å²) in [5, 5.41) is 20.6. The monoisotopic (exact) mass is 418 g/mol. The second-order valence-corrected chi connectivity index (χ2v) is 6.42. The molecule has 1 aliphatic rings. The molecule has 2 aromatic rings. The van der Waals surface area contributed by atoms with E-state index in [2.05, 4.69) is 5.32 Å². The maximum atomic E-state index is 13.8. The third-order valence-electron chi connectivity index (χ3n) is 4.29. The fourth-order valence-electron chi connectivity index (χ4n) is 2.79. The van der Waals surface area contributed by atoms with E-state index < -0.39 is 35.6 Å². The molecule has 0 saturated heterocycles. The number of anilines is 1. The highest BCUT2D eigenvalue weighted by Gasteiger charge is 2.24. The van der Waals surface area contributed by atoms with E-state index in [0.717, 1.165) is 18.2 Å². The quantitative estimate of drug-likeness (QED) is 0.322. The van der Waals surface area contributed by atoms with E-state index in [1.54, 1.807) is 25.1 Å². The fourth-order valence-corrected chi connectivity index (χ4v) is 2.79. The Kier molecular flexibility index (Phi) is 6.38. The number of carbonyl (C=O) groups is 2. The van der Waals surface area contributed by atoms with E-state index in [4.69, 9.17) is 19.4 Å². The van der Waals surface area contributed by atoms with Crippen molar-refractivity contribution in [2.24, 2.45) is 5.92 Å². The Hall–Kier alpha value is -3.79. The first-order valence-corrected chi connectivity index (χ1v) is 8.85. The third-order valence-corrected chi connectivity index (χ3v) is 4.29. The Balaban J connectivity index is 1.78. The number of carbonyl (C=O) groups excluding carboxylic acids is 2. The molecule has 3 rings (SSSR count). The fraction of sp³-hybridized carbons (Fsp3) is 0.200. The summed E-state index contributed by atoms with van der Waals surface area (Å²) in [6.07, 6.45) is 0.596. The highest BCUT2D eigenvalue weighted by atomic mass is 19.1. The van der Waals surface area contributed by atoms with Crippen molar-refractivity contribution in [1.29, 1.82) is 0 Å². The van der Waals surface area contributed by atoms with Crippen LogP contribution in [0.5, 0.6) is 17.2 Å². The van der Waals surface area contributed by atoms with Gasteiger partial charge in [0.25, 0.3) is 5.91 Å². The van der Waals surface area contributed by atoms with Gasteiger partial charge < -0.3 is 19.3 Å². The van der Waals surface area contributed by atoms with Gasteiger partial charge >= 0.3 is 6.09 Å². The van der Waals surface area contributed by atoms with Crippen molar-refractivity contribution in [3.05, 3.63) is 59.9 Å². The van der Waals surface area contributed by atoms with Crippen LogP contribution in [-0.4, -0.2) is 29.1 Å². The number of fused-ring (bicyclic) bond motifs is 1. The summed E-state index contributed by atoms with van der Waals surface area (Å²) in [5.41, 5.74) is 2.10. The van der Waals surface area contributed by atoms with Gasteiger partial charge in [-0.3, -0.25) is 15.3 Å². The zero-order valence-corrected chi connectivity index (χ0v) is 15.8. The van der Waals surface area contributed by atoms with Crippen LogP contribution in [-0.2, 0) is 9.53 Å². The van der Waals surface area contributed by atoms with Gasteiger partial charge in [0.15, 0.2) is 23.1 Å². The second-order valence-electron chi connectivity index (χ2n) is 6.42. The molecule has 2 atom stereocenters. The van der Waals surface area contributed by atoms with Crippen molar-refractivity contribution >= 4 is 17.7 Å². The van der Waals surface area contributed by atoms with E-state index in [9.17, 15) is 19.1 Å². The highest BCUT2D eigenvalue weighted by molar-refractivity contribution is 5.86. The zero-order chi connectivity index (χ0) is 21.7. The number of phenols is 1. The number of hydrogen-bond acceptors (Lipinski definition) is 7. The number of benzene rings is 2. The van der Waals surface area contributed by atoms with E-state index in [1.165, 1.54) is 17.6 Å². The highest BCUT2D eigenvalue weighted by Crippen LogP contribution is 2.35. The van der Waals surface area contributed by atoms with E-state index in [1.807, 2.05) is 0 Å². The number of phenolic OH excluding ortho intramolecular Hbond substituents is 1. The normalized spacial score (nSPS) is 14.2. The minimum atomic E-state index is -1.00. The lowest BCUT2D eigenvalue weighted by atomic mass is 9.96. The molecular formula is C20H19FN2O7. The SMILES string of the molecule is C[C@@H](/C=C/C(=O)NO)[C@H](OC(=O)Nc1ccc2c(c1)OCO2)c1ccc(O)c(F)c1. The second kappa shape index (κ2) is 9.14. The number of ether oxygens (including phenoxy) is 3. The molecule has 0 fully saturated rings. The van der Waals surface area contributed by atoms with Crippen LogP contribution in [0.4, 0.5) is 14.9 Å². The summed E-state index contributed by atoms with van der Waals surface area (Å²) in [6.45, 7) is 1.72. The number of hydrogen-bond donors (Lipinski definition) is 4. The largest absolute Gasteiger partial charge is 0.505 e. The number of hydroxylamine groups is 1. The molecule has 0 aromatic heterocycles. The number of amides is 2. The Morgan fingerprint density at radius 1 is 1.20 bits per heavy atom. The smallest absolute Gasteiger partial charge is 0.412 e. The number of rotatable bonds is 6. The topological polar surface area (TPSA) is 126 Å². The van der Waals surface area contributed by atoms with Crippen LogP contribution in [0.2, 0.25) is 0 Å². The number of halogens is 1. The number of aromatic hydroxyl groups is 1. The van der Waals surface area contributed by atoms with E-state index >= 15 is 0 Å². The summed E-state index contributed by atoms with van der Waals surface area (Å²) < 4.78 is 29.8. The first-order chi connectivity index (χ1) is 14.4. The van der Waals surface area contributed by atoms with Crippen LogP contribution in [0, 0.1) is 11.7 Å². The maximum absolute atomic E-state index is 13.8. The van der Waals surface area contributed by atoms with Crippen molar-refractivity contribution in [2.75, 3.05) is 12.1 Å². The molecule has 0 unspecified atom stereocenters. The number of nitrogens with one attached hydrogen (secondary N) is 2. The van der Waals surface area contributed by atoms with Gasteiger partial charge in [-0.25, -0.2) is 14.7 Å². The summed E-state index contributed by atoms with van der Waals surface area (Å²) >= 11 is 0. The Morgan fingerprint density at radius 2 is 1.97 bits per heavy atom. The molecule has 4 N–H and O–H groups in total. The molecule has 0 saturated carbocycles. The Morgan fingerprint density at radius 3 is 2.70 bits per heavy atom. The van der Waals surface area contributed by atoms with E-state index in [-0.39, 0.29) is 12.4 Å². The molecule has 158 valence electrons. The van der Waals surface area contributed by atoms with Crippen molar-refractivity contribution in [2.45, 2.75) is 13.0 Å². The van der Waals surface area contributed by atoms with E-state index in [0.29, 0.717) is 17.2 Å². The van der Waals surface area contributed by atoms with Gasteiger partial charge in [0.05, 0.1) is 0 Å². The van der Waals surface area contributed by atoms with Gasteiger partial charge in [0.2, 0.25) is 6.79 Å². The van der Waals surface area contributed by atoms with Crippen molar-refractivity contribution < 1.29 is 38.5 Å².